The number of nitrogens with zero attached hydrogens (tertiary/aromatic N) is 5. The van der Waals surface area contributed by atoms with Crippen molar-refractivity contribution in [3.8, 4) is 22.9 Å². The number of imidazole rings is 1. The molecule has 3 aromatic heterocycles. The van der Waals surface area contributed by atoms with Crippen molar-refractivity contribution in [2.24, 2.45) is 7.05 Å². The third kappa shape index (κ3) is 3.54. The van der Waals surface area contributed by atoms with Gasteiger partial charge in [-0.15, -0.1) is 0 Å². The minimum absolute atomic E-state index is 0.0837. The van der Waals surface area contributed by atoms with Gasteiger partial charge in [0, 0.05) is 31.4 Å². The molecular formula is C25H29N5O3. The highest BCUT2D eigenvalue weighted by Crippen LogP contribution is 2.40. The van der Waals surface area contributed by atoms with Crippen LogP contribution in [0.3, 0.4) is 0 Å². The van der Waals surface area contributed by atoms with E-state index in [0.29, 0.717) is 19.1 Å². The van der Waals surface area contributed by atoms with E-state index in [1.807, 2.05) is 62.8 Å². The first kappa shape index (κ1) is 21.5. The average molecular weight is 448 g/mol. The first-order valence-corrected chi connectivity index (χ1v) is 11.2. The lowest BCUT2D eigenvalue weighted by Gasteiger charge is -2.24. The van der Waals surface area contributed by atoms with Crippen LogP contribution in [-0.2, 0) is 12.6 Å². The third-order valence-corrected chi connectivity index (χ3v) is 6.15. The Morgan fingerprint density at radius 3 is 2.73 bits per heavy atom. The van der Waals surface area contributed by atoms with E-state index in [2.05, 4.69) is 9.88 Å². The maximum Gasteiger partial charge on any atom is 0.329 e. The van der Waals surface area contributed by atoms with Crippen LogP contribution in [0.15, 0.2) is 41.3 Å². The molecule has 1 aromatic carbocycles. The van der Waals surface area contributed by atoms with Crippen LogP contribution in [0, 0.1) is 0 Å². The zero-order valence-corrected chi connectivity index (χ0v) is 19.8. The number of rotatable bonds is 6. The monoisotopic (exact) mass is 447 g/mol. The van der Waals surface area contributed by atoms with Gasteiger partial charge in [-0.05, 0) is 52.6 Å². The molecule has 0 aliphatic carbocycles. The van der Waals surface area contributed by atoms with Crippen molar-refractivity contribution in [1.82, 2.24) is 24.0 Å². The van der Waals surface area contributed by atoms with Crippen LogP contribution < -0.4 is 15.2 Å². The molecule has 0 atom stereocenters. The van der Waals surface area contributed by atoms with E-state index in [-0.39, 0.29) is 5.69 Å². The molecule has 0 saturated heterocycles. The molecule has 8 nitrogen and oxygen atoms in total. The fourth-order valence-corrected chi connectivity index (χ4v) is 4.50. The first-order valence-electron chi connectivity index (χ1n) is 11.2. The van der Waals surface area contributed by atoms with Crippen LogP contribution in [-0.4, -0.2) is 57.9 Å². The maximum atomic E-state index is 13.4. The van der Waals surface area contributed by atoms with Crippen LogP contribution in [0.2, 0.25) is 0 Å². The topological polar surface area (TPSA) is 74.4 Å². The number of benzene rings is 1. The smallest absolute Gasteiger partial charge is 0.329 e. The summed E-state index contributed by atoms with van der Waals surface area (Å²) >= 11 is 0. The fourth-order valence-electron chi connectivity index (χ4n) is 4.50. The number of hydrogen-bond acceptors (Lipinski definition) is 6. The molecule has 4 aromatic rings. The largest absolute Gasteiger partial charge is 0.490 e. The van der Waals surface area contributed by atoms with Gasteiger partial charge in [-0.2, -0.15) is 0 Å². The Bertz CT molecular complexity index is 1400. The molecule has 1 aliphatic rings. The molecule has 0 amide bonds. The summed E-state index contributed by atoms with van der Waals surface area (Å²) in [6, 6.07) is 9.65. The number of pyridine rings is 2. The van der Waals surface area contributed by atoms with Gasteiger partial charge in [-0.3, -0.25) is 9.13 Å². The van der Waals surface area contributed by atoms with Gasteiger partial charge in [-0.1, -0.05) is 6.07 Å². The number of ether oxygens (including phenoxy) is 2. The number of aromatic nitrogens is 4. The molecular weight excluding hydrogens is 418 g/mol. The minimum atomic E-state index is -0.510. The SMILES string of the molecule is CN(C)CCCOc1ccc(-c2nc3cccc4c3c3c2n(C)c(=O)n3C(C)(C)CO4)cn1. The van der Waals surface area contributed by atoms with Gasteiger partial charge in [0.1, 0.15) is 12.4 Å². The van der Waals surface area contributed by atoms with Crippen molar-refractivity contribution in [1.29, 1.82) is 0 Å². The molecule has 0 fully saturated rings. The predicted molar refractivity (Wildman–Crippen MR) is 129 cm³/mol. The highest BCUT2D eigenvalue weighted by atomic mass is 16.5. The van der Waals surface area contributed by atoms with Gasteiger partial charge in [0.15, 0.2) is 0 Å². The molecule has 4 heterocycles. The normalized spacial score (nSPS) is 14.7. The standard InChI is InChI=1S/C25H29N5O3/c1-25(2)15-33-18-9-6-8-17-20(18)22-23(29(5)24(31)30(22)25)21(27-17)16-10-11-19(26-14-16)32-13-7-12-28(3)4/h6,8-11,14H,7,12-13,15H2,1-5H3. The summed E-state index contributed by atoms with van der Waals surface area (Å²) in [6.07, 6.45) is 2.70. The fraction of sp³-hybridized carbons (Fsp3) is 0.400. The molecule has 0 unspecified atom stereocenters. The Balaban J connectivity index is 1.65. The van der Waals surface area contributed by atoms with Crippen molar-refractivity contribution >= 4 is 21.9 Å². The minimum Gasteiger partial charge on any atom is -0.490 e. The van der Waals surface area contributed by atoms with E-state index in [1.54, 1.807) is 17.8 Å². The highest BCUT2D eigenvalue weighted by Gasteiger charge is 2.33. The average Bonchev–Trinajstić information content (AvgIpc) is 2.99. The van der Waals surface area contributed by atoms with Crippen LogP contribution in [0.5, 0.6) is 11.6 Å². The summed E-state index contributed by atoms with van der Waals surface area (Å²) in [5.74, 6) is 1.33. The summed E-state index contributed by atoms with van der Waals surface area (Å²) in [5, 5.41) is 0.869. The van der Waals surface area contributed by atoms with Crippen molar-refractivity contribution in [2.75, 3.05) is 33.9 Å². The van der Waals surface area contributed by atoms with E-state index < -0.39 is 5.54 Å². The zero-order valence-electron chi connectivity index (χ0n) is 19.8. The van der Waals surface area contributed by atoms with E-state index in [4.69, 9.17) is 14.5 Å². The predicted octanol–water partition coefficient (Wildman–Crippen LogP) is 3.41. The second-order valence-corrected chi connectivity index (χ2v) is 9.48. The Kier molecular flexibility index (Phi) is 5.12. The van der Waals surface area contributed by atoms with E-state index >= 15 is 0 Å². The lowest BCUT2D eigenvalue weighted by atomic mass is 10.1. The molecule has 8 heteroatoms. The van der Waals surface area contributed by atoms with Gasteiger partial charge in [0.2, 0.25) is 5.88 Å². The van der Waals surface area contributed by atoms with Crippen LogP contribution in [0.1, 0.15) is 20.3 Å². The van der Waals surface area contributed by atoms with Crippen molar-refractivity contribution in [3.63, 3.8) is 0 Å². The molecule has 172 valence electrons. The maximum absolute atomic E-state index is 13.4. The van der Waals surface area contributed by atoms with Gasteiger partial charge in [0.05, 0.1) is 39.8 Å². The molecule has 5 rings (SSSR count). The van der Waals surface area contributed by atoms with Crippen molar-refractivity contribution in [3.05, 3.63) is 47.0 Å². The summed E-state index contributed by atoms with van der Waals surface area (Å²) in [5.41, 5.74) is 3.38. The third-order valence-electron chi connectivity index (χ3n) is 6.15. The quantitative estimate of drug-likeness (QED) is 0.422. The first-order chi connectivity index (χ1) is 15.8. The van der Waals surface area contributed by atoms with Crippen LogP contribution in [0.25, 0.3) is 33.2 Å². The highest BCUT2D eigenvalue weighted by molar-refractivity contribution is 6.11. The van der Waals surface area contributed by atoms with E-state index in [1.165, 1.54) is 0 Å². The van der Waals surface area contributed by atoms with Gasteiger partial charge >= 0.3 is 5.69 Å². The number of aryl methyl sites for hydroxylation is 1. The van der Waals surface area contributed by atoms with Crippen molar-refractivity contribution in [2.45, 2.75) is 25.8 Å². The molecule has 0 saturated carbocycles. The molecule has 1 aliphatic heterocycles. The summed E-state index contributed by atoms with van der Waals surface area (Å²) in [6.45, 7) is 6.02. The van der Waals surface area contributed by atoms with Gasteiger partial charge in [0.25, 0.3) is 0 Å². The summed E-state index contributed by atoms with van der Waals surface area (Å²) < 4.78 is 15.4. The van der Waals surface area contributed by atoms with Gasteiger partial charge in [-0.25, -0.2) is 14.8 Å². The summed E-state index contributed by atoms with van der Waals surface area (Å²) in [4.78, 5) is 25.0. The molecule has 0 N–H and O–H groups in total. The Morgan fingerprint density at radius 2 is 2.00 bits per heavy atom. The Labute approximate surface area is 192 Å². The van der Waals surface area contributed by atoms with Crippen LogP contribution >= 0.6 is 0 Å². The summed E-state index contributed by atoms with van der Waals surface area (Å²) in [7, 11) is 5.89. The van der Waals surface area contributed by atoms with Crippen molar-refractivity contribution < 1.29 is 9.47 Å². The lowest BCUT2D eigenvalue weighted by Crippen LogP contribution is -2.40. The molecule has 33 heavy (non-hydrogen) atoms. The molecule has 0 bridgehead atoms. The van der Waals surface area contributed by atoms with Gasteiger partial charge < -0.3 is 14.4 Å². The Hall–Kier alpha value is -3.39. The molecule has 0 spiro atoms. The van der Waals surface area contributed by atoms with E-state index in [9.17, 15) is 4.79 Å². The number of hydrogen-bond donors (Lipinski definition) is 0. The van der Waals surface area contributed by atoms with Crippen LogP contribution in [0.4, 0.5) is 0 Å². The molecule has 0 radical (unpaired) electrons. The second kappa shape index (κ2) is 7.88. The second-order valence-electron chi connectivity index (χ2n) is 9.48. The Morgan fingerprint density at radius 1 is 1.18 bits per heavy atom. The zero-order chi connectivity index (χ0) is 23.3. The van der Waals surface area contributed by atoms with E-state index in [0.717, 1.165) is 51.9 Å². The lowest BCUT2D eigenvalue weighted by molar-refractivity contribution is 0.189.